The van der Waals surface area contributed by atoms with Crippen molar-refractivity contribution in [1.29, 1.82) is 0 Å². The molecule has 0 aliphatic carbocycles. The van der Waals surface area contributed by atoms with Crippen LogP contribution in [0.3, 0.4) is 0 Å². The van der Waals surface area contributed by atoms with E-state index in [9.17, 15) is 14.5 Å². The van der Waals surface area contributed by atoms with E-state index in [2.05, 4.69) is 11.8 Å². The second kappa shape index (κ2) is 6.10. The Kier molecular flexibility index (Phi) is 4.47. The zero-order valence-corrected chi connectivity index (χ0v) is 11.1. The van der Waals surface area contributed by atoms with Crippen LogP contribution in [0.5, 0.6) is 0 Å². The minimum atomic E-state index is -0.744. The molecule has 5 heteroatoms. The lowest BCUT2D eigenvalue weighted by atomic mass is 10.0. The Morgan fingerprint density at radius 3 is 2.95 bits per heavy atom. The van der Waals surface area contributed by atoms with Crippen molar-refractivity contribution in [2.45, 2.75) is 32.7 Å². The van der Waals surface area contributed by atoms with E-state index in [0.717, 1.165) is 24.6 Å². The number of benzene rings is 1. The van der Waals surface area contributed by atoms with E-state index in [0.29, 0.717) is 6.54 Å². The Balaban J connectivity index is 1.97. The van der Waals surface area contributed by atoms with E-state index >= 15 is 0 Å². The van der Waals surface area contributed by atoms with Crippen LogP contribution in [-0.4, -0.2) is 22.9 Å². The topological polar surface area (TPSA) is 46.4 Å². The second-order valence-corrected chi connectivity index (χ2v) is 5.22. The van der Waals surface area contributed by atoms with Gasteiger partial charge in [-0.25, -0.2) is 0 Å². The first-order valence-electron chi connectivity index (χ1n) is 6.75. The van der Waals surface area contributed by atoms with Gasteiger partial charge in [-0.1, -0.05) is 19.4 Å². The lowest BCUT2D eigenvalue weighted by Crippen LogP contribution is -2.20. The van der Waals surface area contributed by atoms with Crippen LogP contribution in [-0.2, 0) is 6.54 Å². The smallest absolute Gasteiger partial charge is 0.299 e. The molecule has 1 saturated heterocycles. The third-order valence-electron chi connectivity index (χ3n) is 3.68. The lowest BCUT2D eigenvalue weighted by molar-refractivity contribution is -0.387. The minimum Gasteiger partial charge on any atom is -0.299 e. The highest BCUT2D eigenvalue weighted by atomic mass is 19.1. The third kappa shape index (κ3) is 3.50. The van der Waals surface area contributed by atoms with Crippen molar-refractivity contribution in [3.8, 4) is 0 Å². The predicted octanol–water partition coefficient (Wildman–Crippen LogP) is 3.36. The molecule has 0 spiro atoms. The van der Waals surface area contributed by atoms with Crippen LogP contribution in [0.1, 0.15) is 31.7 Å². The van der Waals surface area contributed by atoms with Crippen LogP contribution < -0.4 is 0 Å². The molecule has 1 unspecified atom stereocenters. The van der Waals surface area contributed by atoms with Crippen molar-refractivity contribution in [2.75, 3.05) is 13.1 Å². The molecule has 1 aromatic rings. The summed E-state index contributed by atoms with van der Waals surface area (Å²) in [5.74, 6) is -0.000277. The van der Waals surface area contributed by atoms with Crippen LogP contribution in [0.2, 0.25) is 0 Å². The fourth-order valence-electron chi connectivity index (χ4n) is 2.76. The average molecular weight is 266 g/mol. The molecule has 1 atom stereocenters. The number of hydrogen-bond donors (Lipinski definition) is 0. The van der Waals surface area contributed by atoms with Crippen molar-refractivity contribution in [3.63, 3.8) is 0 Å². The fourth-order valence-corrected chi connectivity index (χ4v) is 2.76. The predicted molar refractivity (Wildman–Crippen MR) is 71.3 cm³/mol. The lowest BCUT2D eigenvalue weighted by Gasteiger charge is -2.15. The zero-order chi connectivity index (χ0) is 13.8. The summed E-state index contributed by atoms with van der Waals surface area (Å²) in [6.07, 6.45) is 3.64. The molecule has 0 amide bonds. The Labute approximate surface area is 112 Å². The van der Waals surface area contributed by atoms with Gasteiger partial charge in [-0.05, 0) is 36.9 Å². The molecule has 0 saturated carbocycles. The highest BCUT2D eigenvalue weighted by Gasteiger charge is 2.22. The average Bonchev–Trinajstić information content (AvgIpc) is 2.76. The highest BCUT2D eigenvalue weighted by Crippen LogP contribution is 2.24. The molecule has 19 heavy (non-hydrogen) atoms. The number of nitro groups is 1. The Hall–Kier alpha value is -1.49. The van der Waals surface area contributed by atoms with Gasteiger partial charge in [0.25, 0.3) is 0 Å². The van der Waals surface area contributed by atoms with E-state index in [1.54, 1.807) is 6.07 Å². The van der Waals surface area contributed by atoms with Gasteiger partial charge in [-0.3, -0.25) is 15.0 Å². The largest absolute Gasteiger partial charge is 0.304 e. The standard InChI is InChI=1S/C14H19FN2O2/c1-2-3-11-6-7-16(9-11)10-12-4-5-14(17(18)19)13(15)8-12/h4-5,8,11H,2-3,6-7,9-10H2,1H3. The first-order valence-corrected chi connectivity index (χ1v) is 6.75. The van der Waals surface area contributed by atoms with Gasteiger partial charge in [-0.2, -0.15) is 4.39 Å². The summed E-state index contributed by atoms with van der Waals surface area (Å²) in [5, 5.41) is 10.5. The highest BCUT2D eigenvalue weighted by molar-refractivity contribution is 5.35. The summed E-state index contributed by atoms with van der Waals surface area (Å²) in [5.41, 5.74) is 0.356. The molecule has 1 aromatic carbocycles. The summed E-state index contributed by atoms with van der Waals surface area (Å²) in [6.45, 7) is 4.94. The summed E-state index contributed by atoms with van der Waals surface area (Å²) >= 11 is 0. The number of nitrogens with zero attached hydrogens (tertiary/aromatic N) is 2. The molecule has 0 radical (unpaired) electrons. The maximum absolute atomic E-state index is 13.5. The van der Waals surface area contributed by atoms with Gasteiger partial charge in [0.15, 0.2) is 0 Å². The summed E-state index contributed by atoms with van der Waals surface area (Å²) in [6, 6.07) is 4.18. The van der Waals surface area contributed by atoms with Gasteiger partial charge < -0.3 is 0 Å². The van der Waals surface area contributed by atoms with Crippen LogP contribution >= 0.6 is 0 Å². The van der Waals surface area contributed by atoms with Crippen molar-refractivity contribution in [1.82, 2.24) is 4.90 Å². The van der Waals surface area contributed by atoms with Gasteiger partial charge >= 0.3 is 5.69 Å². The summed E-state index contributed by atoms with van der Waals surface area (Å²) in [7, 11) is 0. The molecule has 2 rings (SSSR count). The first-order chi connectivity index (χ1) is 9.10. The molecule has 1 heterocycles. The van der Waals surface area contributed by atoms with Crippen molar-refractivity contribution >= 4 is 5.69 Å². The normalized spacial score (nSPS) is 19.8. The van der Waals surface area contributed by atoms with Crippen LogP contribution in [0, 0.1) is 21.8 Å². The zero-order valence-electron chi connectivity index (χ0n) is 11.1. The molecular formula is C14H19FN2O2. The van der Waals surface area contributed by atoms with Crippen molar-refractivity contribution in [2.24, 2.45) is 5.92 Å². The second-order valence-electron chi connectivity index (χ2n) is 5.22. The summed E-state index contributed by atoms with van der Waals surface area (Å²) in [4.78, 5) is 12.2. The van der Waals surface area contributed by atoms with Crippen molar-refractivity contribution in [3.05, 3.63) is 39.7 Å². The number of rotatable bonds is 5. The van der Waals surface area contributed by atoms with Gasteiger partial charge in [0.1, 0.15) is 0 Å². The Bertz CT molecular complexity index is 465. The molecule has 1 fully saturated rings. The molecule has 4 nitrogen and oxygen atoms in total. The van der Waals surface area contributed by atoms with E-state index in [1.165, 1.54) is 31.4 Å². The number of hydrogen-bond acceptors (Lipinski definition) is 3. The van der Waals surface area contributed by atoms with E-state index in [-0.39, 0.29) is 0 Å². The van der Waals surface area contributed by atoms with E-state index in [1.807, 2.05) is 0 Å². The van der Waals surface area contributed by atoms with Crippen LogP contribution in [0.15, 0.2) is 18.2 Å². The molecular weight excluding hydrogens is 247 g/mol. The Morgan fingerprint density at radius 2 is 2.32 bits per heavy atom. The van der Waals surface area contributed by atoms with Crippen molar-refractivity contribution < 1.29 is 9.31 Å². The molecule has 1 aliphatic rings. The van der Waals surface area contributed by atoms with Gasteiger partial charge in [0, 0.05) is 19.2 Å². The molecule has 1 aliphatic heterocycles. The fraction of sp³-hybridized carbons (Fsp3) is 0.571. The quantitative estimate of drug-likeness (QED) is 0.606. The molecule has 0 bridgehead atoms. The first kappa shape index (κ1) is 13.9. The molecule has 0 N–H and O–H groups in total. The van der Waals surface area contributed by atoms with E-state index in [4.69, 9.17) is 0 Å². The number of likely N-dealkylation sites (tertiary alicyclic amines) is 1. The maximum atomic E-state index is 13.5. The molecule has 104 valence electrons. The van der Waals surface area contributed by atoms with E-state index < -0.39 is 16.4 Å². The third-order valence-corrected chi connectivity index (χ3v) is 3.68. The van der Waals surface area contributed by atoms with Crippen LogP contribution in [0.25, 0.3) is 0 Å². The van der Waals surface area contributed by atoms with Gasteiger partial charge in [0.05, 0.1) is 4.92 Å². The summed E-state index contributed by atoms with van der Waals surface area (Å²) < 4.78 is 13.5. The van der Waals surface area contributed by atoms with Crippen LogP contribution in [0.4, 0.5) is 10.1 Å². The number of halogens is 1. The van der Waals surface area contributed by atoms with Gasteiger partial charge in [0.2, 0.25) is 5.82 Å². The molecule has 0 aromatic heterocycles. The minimum absolute atomic E-state index is 0.450. The Morgan fingerprint density at radius 1 is 1.53 bits per heavy atom. The SMILES string of the molecule is CCCC1CCN(Cc2ccc([N+](=O)[O-])c(F)c2)C1. The van der Waals surface area contributed by atoms with Gasteiger partial charge in [-0.15, -0.1) is 0 Å². The number of nitro benzene ring substituents is 1. The maximum Gasteiger partial charge on any atom is 0.304 e. The monoisotopic (exact) mass is 266 g/mol.